The maximum Gasteiger partial charge on any atom is 0.323 e. The van der Waals surface area contributed by atoms with Crippen LogP contribution in [-0.2, 0) is 4.74 Å². The van der Waals surface area contributed by atoms with Crippen LogP contribution in [0.4, 0.5) is 20.0 Å². The number of piperidine rings is 1. The van der Waals surface area contributed by atoms with Gasteiger partial charge in [0, 0.05) is 26.2 Å². The number of alkyl halides is 1. The molecule has 9 nitrogen and oxygen atoms in total. The third-order valence-corrected chi connectivity index (χ3v) is 6.24. The van der Waals surface area contributed by atoms with E-state index in [0.29, 0.717) is 62.9 Å². The topological polar surface area (TPSA) is 100 Å². The summed E-state index contributed by atoms with van der Waals surface area (Å²) in [6.07, 6.45) is 2.70. The number of nitrogens with zero attached hydrogens (tertiary/aromatic N) is 4. The zero-order valence-electron chi connectivity index (χ0n) is 16.2. The number of hydrogen-bond donors (Lipinski definition) is 2. The second-order valence-corrected chi connectivity index (χ2v) is 8.41. The minimum atomic E-state index is -1.01. The first-order valence-electron chi connectivity index (χ1n) is 9.56. The third kappa shape index (κ3) is 4.36. The Morgan fingerprint density at radius 3 is 2.79 bits per heavy atom. The number of hydrogen-bond acceptors (Lipinski definition) is 8. The molecule has 2 amide bonds. The van der Waals surface area contributed by atoms with E-state index in [1.165, 1.54) is 11.3 Å². The molecule has 4 heterocycles. The number of aromatic nitrogens is 2. The number of ether oxygens (including phenoxy) is 2. The first-order chi connectivity index (χ1) is 14.0. The van der Waals surface area contributed by atoms with Gasteiger partial charge in [-0.25, -0.2) is 19.2 Å². The smallest absolute Gasteiger partial charge is 0.323 e. The zero-order valence-corrected chi connectivity index (χ0v) is 17.0. The molecule has 2 aromatic heterocycles. The van der Waals surface area contributed by atoms with E-state index in [1.54, 1.807) is 18.0 Å². The standard InChI is InChI=1S/C18H24FN5O4S/c1-18(26)2-4-24(5-3-18)17(25)22-16-21-13-14(29-16)12(10-20-15(13)28-11-19)23-6-8-27-9-7-23/h10,26H,2-9,11H2,1H3,(H,21,22,25). The molecule has 0 spiro atoms. The van der Waals surface area contributed by atoms with Crippen LogP contribution < -0.4 is 15.0 Å². The summed E-state index contributed by atoms with van der Waals surface area (Å²) in [5, 5.41) is 13.3. The number of carbonyl (C=O) groups is 1. The van der Waals surface area contributed by atoms with E-state index in [0.717, 1.165) is 10.4 Å². The van der Waals surface area contributed by atoms with Gasteiger partial charge in [-0.15, -0.1) is 0 Å². The highest BCUT2D eigenvalue weighted by atomic mass is 32.1. The number of morpholine rings is 1. The SMILES string of the molecule is CC1(O)CCN(C(=O)Nc2nc3c(OCF)ncc(N4CCOCC4)c3s2)CC1. The average molecular weight is 425 g/mol. The summed E-state index contributed by atoms with van der Waals surface area (Å²) < 4.78 is 24.0. The molecular weight excluding hydrogens is 401 g/mol. The molecule has 2 saturated heterocycles. The highest BCUT2D eigenvalue weighted by Gasteiger charge is 2.30. The molecule has 0 saturated carbocycles. The largest absolute Gasteiger partial charge is 0.444 e. The van der Waals surface area contributed by atoms with E-state index < -0.39 is 12.5 Å². The van der Waals surface area contributed by atoms with Crippen LogP contribution in [0, 0.1) is 0 Å². The summed E-state index contributed by atoms with van der Waals surface area (Å²) >= 11 is 1.31. The van der Waals surface area contributed by atoms with Gasteiger partial charge in [-0.2, -0.15) is 0 Å². The molecule has 2 fully saturated rings. The molecule has 29 heavy (non-hydrogen) atoms. The number of urea groups is 1. The summed E-state index contributed by atoms with van der Waals surface area (Å²) in [6, 6.07) is -0.270. The third-order valence-electron chi connectivity index (χ3n) is 5.25. The maximum atomic E-state index is 12.8. The van der Waals surface area contributed by atoms with Gasteiger partial charge in [0.05, 0.1) is 35.4 Å². The number of halogens is 1. The van der Waals surface area contributed by atoms with Gasteiger partial charge < -0.3 is 24.4 Å². The average Bonchev–Trinajstić information content (AvgIpc) is 3.13. The van der Waals surface area contributed by atoms with Crippen LogP contribution in [0.15, 0.2) is 6.20 Å². The predicted octanol–water partition coefficient (Wildman–Crippen LogP) is 2.21. The van der Waals surface area contributed by atoms with E-state index in [1.807, 2.05) is 0 Å². The number of anilines is 2. The number of fused-ring (bicyclic) bond motifs is 1. The van der Waals surface area contributed by atoms with Crippen molar-refractivity contribution >= 4 is 38.4 Å². The summed E-state index contributed by atoms with van der Waals surface area (Å²) in [7, 11) is 0. The molecule has 158 valence electrons. The molecule has 0 aromatic carbocycles. The predicted molar refractivity (Wildman–Crippen MR) is 107 cm³/mol. The second kappa shape index (κ2) is 8.25. The van der Waals surface area contributed by atoms with Gasteiger partial charge in [0.2, 0.25) is 12.7 Å². The lowest BCUT2D eigenvalue weighted by molar-refractivity contribution is 0.00570. The highest BCUT2D eigenvalue weighted by Crippen LogP contribution is 2.38. The lowest BCUT2D eigenvalue weighted by Crippen LogP contribution is -2.46. The zero-order chi connectivity index (χ0) is 20.4. The Labute approximate surface area is 171 Å². The van der Waals surface area contributed by atoms with Crippen molar-refractivity contribution in [2.75, 3.05) is 56.5 Å². The van der Waals surface area contributed by atoms with E-state index >= 15 is 0 Å². The Morgan fingerprint density at radius 2 is 2.10 bits per heavy atom. The first-order valence-corrected chi connectivity index (χ1v) is 10.4. The van der Waals surface area contributed by atoms with Gasteiger partial charge in [0.1, 0.15) is 5.52 Å². The lowest BCUT2D eigenvalue weighted by atomic mass is 9.94. The molecule has 0 bridgehead atoms. The van der Waals surface area contributed by atoms with Crippen molar-refractivity contribution in [2.24, 2.45) is 0 Å². The quantitative estimate of drug-likeness (QED) is 0.775. The fraction of sp³-hybridized carbons (Fsp3) is 0.611. The van der Waals surface area contributed by atoms with Crippen LogP contribution in [0.25, 0.3) is 10.2 Å². The lowest BCUT2D eigenvalue weighted by Gasteiger charge is -2.35. The first kappa shape index (κ1) is 20.0. The number of thiazole rings is 1. The van der Waals surface area contributed by atoms with Crippen molar-refractivity contribution < 1.29 is 23.8 Å². The Balaban J connectivity index is 1.58. The summed E-state index contributed by atoms with van der Waals surface area (Å²) in [5.41, 5.74) is 0.555. The number of amides is 2. The number of carbonyl (C=O) groups excluding carboxylic acids is 1. The van der Waals surface area contributed by atoms with Crippen LogP contribution in [0.2, 0.25) is 0 Å². The number of likely N-dealkylation sites (tertiary alicyclic amines) is 1. The number of nitrogens with one attached hydrogen (secondary N) is 1. The van der Waals surface area contributed by atoms with Gasteiger partial charge in [0.25, 0.3) is 0 Å². The fourth-order valence-electron chi connectivity index (χ4n) is 3.48. The van der Waals surface area contributed by atoms with Gasteiger partial charge in [0.15, 0.2) is 5.13 Å². The summed E-state index contributed by atoms with van der Waals surface area (Å²) in [4.78, 5) is 25.1. The van der Waals surface area contributed by atoms with E-state index in [2.05, 4.69) is 20.2 Å². The molecule has 0 aliphatic carbocycles. The second-order valence-electron chi connectivity index (χ2n) is 7.41. The van der Waals surface area contributed by atoms with Crippen LogP contribution in [0.1, 0.15) is 19.8 Å². The van der Waals surface area contributed by atoms with Crippen molar-refractivity contribution in [1.82, 2.24) is 14.9 Å². The van der Waals surface area contributed by atoms with Crippen molar-refractivity contribution in [3.05, 3.63) is 6.20 Å². The maximum absolute atomic E-state index is 12.8. The van der Waals surface area contributed by atoms with E-state index in [9.17, 15) is 14.3 Å². The van der Waals surface area contributed by atoms with Crippen molar-refractivity contribution in [2.45, 2.75) is 25.4 Å². The highest BCUT2D eigenvalue weighted by molar-refractivity contribution is 7.23. The van der Waals surface area contributed by atoms with Crippen LogP contribution in [0.5, 0.6) is 5.88 Å². The van der Waals surface area contributed by atoms with Gasteiger partial charge >= 0.3 is 6.03 Å². The molecule has 0 unspecified atom stereocenters. The van der Waals surface area contributed by atoms with Crippen molar-refractivity contribution in [1.29, 1.82) is 0 Å². The minimum Gasteiger partial charge on any atom is -0.444 e. The number of aliphatic hydroxyl groups is 1. The van der Waals surface area contributed by atoms with Crippen molar-refractivity contribution in [3.63, 3.8) is 0 Å². The Hall–Kier alpha value is -2.24. The van der Waals surface area contributed by atoms with Gasteiger partial charge in [-0.05, 0) is 19.8 Å². The van der Waals surface area contributed by atoms with Crippen molar-refractivity contribution in [3.8, 4) is 5.88 Å². The molecule has 11 heteroatoms. The van der Waals surface area contributed by atoms with E-state index in [-0.39, 0.29) is 11.9 Å². The van der Waals surface area contributed by atoms with Crippen LogP contribution >= 0.6 is 11.3 Å². The molecule has 2 aliphatic heterocycles. The van der Waals surface area contributed by atoms with Crippen LogP contribution in [0.3, 0.4) is 0 Å². The summed E-state index contributed by atoms with van der Waals surface area (Å²) in [6.45, 7) is 4.38. The molecule has 2 aliphatic rings. The normalized spacial score (nSPS) is 19.4. The van der Waals surface area contributed by atoms with Gasteiger partial charge in [-0.1, -0.05) is 11.3 Å². The van der Waals surface area contributed by atoms with Gasteiger partial charge in [-0.3, -0.25) is 5.32 Å². The van der Waals surface area contributed by atoms with E-state index in [4.69, 9.17) is 9.47 Å². The van der Waals surface area contributed by atoms with Crippen LogP contribution in [-0.4, -0.2) is 77.9 Å². The molecular formula is C18H24FN5O4S. The Morgan fingerprint density at radius 1 is 1.38 bits per heavy atom. The minimum absolute atomic E-state index is 0.102. The monoisotopic (exact) mass is 425 g/mol. The molecule has 4 rings (SSSR count). The fourth-order valence-corrected chi connectivity index (χ4v) is 4.47. The summed E-state index contributed by atoms with van der Waals surface area (Å²) in [5.74, 6) is 0.102. The molecule has 0 radical (unpaired) electrons. The molecule has 2 N–H and O–H groups in total. The number of rotatable bonds is 4. The Bertz CT molecular complexity index is 877. The Kier molecular flexibility index (Phi) is 5.70. The number of pyridine rings is 1. The molecule has 2 aromatic rings. The molecule has 0 atom stereocenters.